The van der Waals surface area contributed by atoms with Crippen LogP contribution >= 0.6 is 0 Å². The third-order valence-electron chi connectivity index (χ3n) is 4.21. The van der Waals surface area contributed by atoms with Gasteiger partial charge in [0.05, 0.1) is 18.0 Å². The van der Waals surface area contributed by atoms with Crippen LogP contribution in [0.3, 0.4) is 0 Å². The molecule has 1 atom stereocenters. The Labute approximate surface area is 148 Å². The van der Waals surface area contributed by atoms with Crippen LogP contribution in [0.1, 0.15) is 24.3 Å². The SMILES string of the molecule is Cc1ccc(-n2cc(O)c(=O)cc2C(C)O)cc1-c1cc(F)ccc1F. The number of nitrogens with zero attached hydrogens (tertiary/aromatic N) is 1. The number of aromatic nitrogens is 1. The molecule has 0 amide bonds. The molecule has 0 saturated heterocycles. The molecule has 134 valence electrons. The van der Waals surface area contributed by atoms with Crippen LogP contribution in [0.5, 0.6) is 5.75 Å². The van der Waals surface area contributed by atoms with Crippen molar-refractivity contribution in [3.8, 4) is 22.6 Å². The fourth-order valence-corrected chi connectivity index (χ4v) is 2.84. The summed E-state index contributed by atoms with van der Waals surface area (Å²) in [4.78, 5) is 11.7. The highest BCUT2D eigenvalue weighted by Crippen LogP contribution is 2.30. The van der Waals surface area contributed by atoms with Gasteiger partial charge in [-0.15, -0.1) is 0 Å². The summed E-state index contributed by atoms with van der Waals surface area (Å²) >= 11 is 0. The third kappa shape index (κ3) is 3.23. The molecule has 2 aromatic carbocycles. The quantitative estimate of drug-likeness (QED) is 0.748. The Kier molecular flexibility index (Phi) is 4.61. The topological polar surface area (TPSA) is 62.5 Å². The molecule has 2 N–H and O–H groups in total. The van der Waals surface area contributed by atoms with Crippen LogP contribution in [0.15, 0.2) is 53.5 Å². The maximum atomic E-state index is 14.2. The molecule has 0 aliphatic carbocycles. The van der Waals surface area contributed by atoms with E-state index in [-0.39, 0.29) is 11.3 Å². The number of benzene rings is 2. The Hall–Kier alpha value is -2.99. The minimum atomic E-state index is -0.973. The molecule has 0 aliphatic rings. The number of rotatable bonds is 3. The summed E-state index contributed by atoms with van der Waals surface area (Å²) in [6, 6.07) is 9.39. The van der Waals surface area contributed by atoms with E-state index in [1.807, 2.05) is 0 Å². The standard InChI is InChI=1S/C20H17F2NO3/c1-11-3-5-14(8-15(11)16-7-13(21)4-6-17(16)22)23-10-20(26)19(25)9-18(23)12(2)24/h3-10,12,24,26H,1-2H3. The van der Waals surface area contributed by atoms with Gasteiger partial charge < -0.3 is 14.8 Å². The van der Waals surface area contributed by atoms with E-state index in [2.05, 4.69) is 0 Å². The number of aromatic hydroxyl groups is 1. The van der Waals surface area contributed by atoms with Gasteiger partial charge in [0.15, 0.2) is 5.75 Å². The zero-order valence-corrected chi connectivity index (χ0v) is 14.2. The molecule has 1 heterocycles. The molecule has 4 nitrogen and oxygen atoms in total. The van der Waals surface area contributed by atoms with Crippen molar-refractivity contribution in [2.45, 2.75) is 20.0 Å². The van der Waals surface area contributed by atoms with Gasteiger partial charge >= 0.3 is 0 Å². The zero-order valence-electron chi connectivity index (χ0n) is 14.2. The largest absolute Gasteiger partial charge is 0.503 e. The van der Waals surface area contributed by atoms with Crippen molar-refractivity contribution in [2.24, 2.45) is 0 Å². The van der Waals surface area contributed by atoms with Gasteiger partial charge in [-0.2, -0.15) is 0 Å². The summed E-state index contributed by atoms with van der Waals surface area (Å²) in [5, 5.41) is 19.7. The molecule has 0 saturated carbocycles. The van der Waals surface area contributed by atoms with Crippen LogP contribution < -0.4 is 5.43 Å². The lowest BCUT2D eigenvalue weighted by Crippen LogP contribution is -2.13. The first kappa shape index (κ1) is 17.8. The average molecular weight is 357 g/mol. The highest BCUT2D eigenvalue weighted by Gasteiger charge is 2.15. The van der Waals surface area contributed by atoms with Crippen molar-refractivity contribution in [1.82, 2.24) is 4.57 Å². The normalized spacial score (nSPS) is 12.2. The van der Waals surface area contributed by atoms with Gasteiger partial charge in [0.1, 0.15) is 11.6 Å². The second-order valence-corrected chi connectivity index (χ2v) is 6.12. The Morgan fingerprint density at radius 3 is 2.46 bits per heavy atom. The Bertz CT molecular complexity index is 1040. The lowest BCUT2D eigenvalue weighted by Gasteiger charge is -2.18. The van der Waals surface area contributed by atoms with Crippen molar-refractivity contribution < 1.29 is 19.0 Å². The van der Waals surface area contributed by atoms with Crippen LogP contribution in [0.4, 0.5) is 8.78 Å². The van der Waals surface area contributed by atoms with Gasteiger partial charge in [0.2, 0.25) is 5.43 Å². The van der Waals surface area contributed by atoms with E-state index >= 15 is 0 Å². The van der Waals surface area contributed by atoms with E-state index in [1.165, 1.54) is 17.7 Å². The molecule has 1 aromatic heterocycles. The van der Waals surface area contributed by atoms with Gasteiger partial charge in [-0.1, -0.05) is 6.07 Å². The van der Waals surface area contributed by atoms with E-state index in [0.717, 1.165) is 29.8 Å². The molecule has 26 heavy (non-hydrogen) atoms. The second-order valence-electron chi connectivity index (χ2n) is 6.12. The molecule has 3 aromatic rings. The number of aliphatic hydroxyl groups is 1. The molecule has 0 aliphatic heterocycles. The molecule has 3 rings (SSSR count). The van der Waals surface area contributed by atoms with Crippen LogP contribution in [0.2, 0.25) is 0 Å². The summed E-state index contributed by atoms with van der Waals surface area (Å²) in [6.45, 7) is 3.26. The first-order valence-electron chi connectivity index (χ1n) is 7.98. The van der Waals surface area contributed by atoms with E-state index < -0.39 is 28.9 Å². The first-order chi connectivity index (χ1) is 12.3. The number of pyridine rings is 1. The van der Waals surface area contributed by atoms with E-state index in [0.29, 0.717) is 11.3 Å². The third-order valence-corrected chi connectivity index (χ3v) is 4.21. The molecule has 0 fully saturated rings. The lowest BCUT2D eigenvalue weighted by atomic mass is 9.99. The Balaban J connectivity index is 2.25. The Morgan fingerprint density at radius 1 is 1.04 bits per heavy atom. The van der Waals surface area contributed by atoms with E-state index in [1.54, 1.807) is 25.1 Å². The fraction of sp³-hybridized carbons (Fsp3) is 0.150. The summed E-state index contributed by atoms with van der Waals surface area (Å²) in [7, 11) is 0. The molecule has 6 heteroatoms. The Morgan fingerprint density at radius 2 is 1.77 bits per heavy atom. The maximum absolute atomic E-state index is 14.2. The average Bonchev–Trinajstić information content (AvgIpc) is 2.59. The minimum Gasteiger partial charge on any atom is -0.503 e. The van der Waals surface area contributed by atoms with E-state index in [9.17, 15) is 23.8 Å². The summed E-state index contributed by atoms with van der Waals surface area (Å²) in [5.41, 5.74) is 1.44. The van der Waals surface area contributed by atoms with Crippen molar-refractivity contribution in [1.29, 1.82) is 0 Å². The molecule has 0 radical (unpaired) electrons. The van der Waals surface area contributed by atoms with Crippen molar-refractivity contribution in [3.63, 3.8) is 0 Å². The molecule has 1 unspecified atom stereocenters. The second kappa shape index (κ2) is 6.72. The van der Waals surface area contributed by atoms with Crippen LogP contribution in [-0.2, 0) is 0 Å². The van der Waals surface area contributed by atoms with E-state index in [4.69, 9.17) is 0 Å². The number of hydrogen-bond donors (Lipinski definition) is 2. The smallest absolute Gasteiger partial charge is 0.223 e. The van der Waals surface area contributed by atoms with Crippen molar-refractivity contribution in [2.75, 3.05) is 0 Å². The number of halogens is 2. The van der Waals surface area contributed by atoms with Gasteiger partial charge in [-0.3, -0.25) is 4.79 Å². The van der Waals surface area contributed by atoms with Crippen molar-refractivity contribution >= 4 is 0 Å². The van der Waals surface area contributed by atoms with Gasteiger partial charge in [0, 0.05) is 17.3 Å². The molecular formula is C20H17F2NO3. The first-order valence-corrected chi connectivity index (χ1v) is 7.98. The molecular weight excluding hydrogens is 340 g/mol. The number of aryl methyl sites for hydroxylation is 1. The zero-order chi connectivity index (χ0) is 19.0. The highest BCUT2D eigenvalue weighted by molar-refractivity contribution is 5.70. The summed E-state index contributed by atoms with van der Waals surface area (Å²) < 4.78 is 29.2. The predicted molar refractivity (Wildman–Crippen MR) is 94.4 cm³/mol. The monoisotopic (exact) mass is 357 g/mol. The van der Waals surface area contributed by atoms with Crippen LogP contribution in [0, 0.1) is 18.6 Å². The minimum absolute atomic E-state index is 0.105. The van der Waals surface area contributed by atoms with Gasteiger partial charge in [-0.25, -0.2) is 8.78 Å². The predicted octanol–water partition coefficient (Wildman–Crippen LogP) is 3.85. The molecule has 0 spiro atoms. The van der Waals surface area contributed by atoms with Gasteiger partial charge in [0.25, 0.3) is 0 Å². The highest BCUT2D eigenvalue weighted by atomic mass is 19.1. The van der Waals surface area contributed by atoms with Crippen LogP contribution in [0.25, 0.3) is 16.8 Å². The van der Waals surface area contributed by atoms with Crippen LogP contribution in [-0.4, -0.2) is 14.8 Å². The number of hydrogen-bond acceptors (Lipinski definition) is 3. The van der Waals surface area contributed by atoms with Crippen molar-refractivity contribution in [3.05, 3.63) is 81.8 Å². The summed E-state index contributed by atoms with van der Waals surface area (Å²) in [6.07, 6.45) is 0.222. The number of aliphatic hydroxyl groups excluding tert-OH is 1. The summed E-state index contributed by atoms with van der Waals surface area (Å²) in [5.74, 6) is -1.60. The molecule has 0 bridgehead atoms. The lowest BCUT2D eigenvalue weighted by molar-refractivity contribution is 0.191. The van der Waals surface area contributed by atoms with Gasteiger partial charge in [-0.05, 0) is 55.3 Å². The maximum Gasteiger partial charge on any atom is 0.223 e. The fourth-order valence-electron chi connectivity index (χ4n) is 2.84.